The lowest BCUT2D eigenvalue weighted by Crippen LogP contribution is -2.53. The zero-order valence-electron chi connectivity index (χ0n) is 22.4. The van der Waals surface area contributed by atoms with Crippen LogP contribution in [0.3, 0.4) is 0 Å². The van der Waals surface area contributed by atoms with Crippen molar-refractivity contribution in [1.29, 1.82) is 0 Å². The third kappa shape index (κ3) is 7.05. The van der Waals surface area contributed by atoms with Gasteiger partial charge in [-0.2, -0.15) is 0 Å². The zero-order chi connectivity index (χ0) is 28.7. The van der Waals surface area contributed by atoms with Crippen LogP contribution in [0, 0.1) is 0 Å². The van der Waals surface area contributed by atoms with Crippen molar-refractivity contribution in [2.75, 3.05) is 29.9 Å². The fraction of sp³-hybridized carbons (Fsp3) is 0.310. The lowest BCUT2D eigenvalue weighted by molar-refractivity contribution is -0.140. The Morgan fingerprint density at radius 2 is 1.68 bits per heavy atom. The number of sulfonamides is 1. The lowest BCUT2D eigenvalue weighted by atomic mass is 10.0. The number of benzene rings is 3. The highest BCUT2D eigenvalue weighted by Crippen LogP contribution is 2.36. The van der Waals surface area contributed by atoms with Crippen molar-refractivity contribution in [3.05, 3.63) is 88.9 Å². The molecule has 0 radical (unpaired) electrons. The molecule has 0 saturated carbocycles. The Labute approximate surface area is 239 Å². The molecule has 1 N–H and O–H groups in total. The molecule has 0 fully saturated rings. The third-order valence-electron chi connectivity index (χ3n) is 6.49. The maximum atomic E-state index is 14.1. The highest BCUT2D eigenvalue weighted by Gasteiger charge is 2.34. The highest BCUT2D eigenvalue weighted by atomic mass is 35.5. The summed E-state index contributed by atoms with van der Waals surface area (Å²) >= 11 is 6.23. The monoisotopic (exact) mass is 585 g/mol. The van der Waals surface area contributed by atoms with Gasteiger partial charge in [0.15, 0.2) is 11.5 Å². The number of ether oxygens (including phenoxy) is 2. The maximum absolute atomic E-state index is 14.1. The van der Waals surface area contributed by atoms with E-state index in [9.17, 15) is 18.0 Å². The van der Waals surface area contributed by atoms with E-state index in [0.717, 1.165) is 9.87 Å². The van der Waals surface area contributed by atoms with Crippen molar-refractivity contribution in [3.8, 4) is 11.5 Å². The summed E-state index contributed by atoms with van der Waals surface area (Å²) < 4.78 is 38.3. The molecule has 0 saturated heterocycles. The molecule has 3 aromatic carbocycles. The van der Waals surface area contributed by atoms with Crippen LogP contribution in [0.2, 0.25) is 5.02 Å². The van der Waals surface area contributed by atoms with Crippen LogP contribution in [-0.2, 0) is 32.6 Å². The first-order chi connectivity index (χ1) is 19.2. The molecule has 0 unspecified atom stereocenters. The Bertz CT molecular complexity index is 1450. The SMILES string of the molecule is CCNC(=O)[C@@H](Cc1ccccc1)N(Cc1cccc(Cl)c1)C(=O)CN(c1ccc2c(c1)OCO2)S(=O)(=O)CC. The second kappa shape index (κ2) is 13.1. The van der Waals surface area contributed by atoms with E-state index in [2.05, 4.69) is 5.32 Å². The van der Waals surface area contributed by atoms with Crippen LogP contribution in [0.25, 0.3) is 0 Å². The van der Waals surface area contributed by atoms with Gasteiger partial charge in [0.2, 0.25) is 28.6 Å². The number of halogens is 1. The van der Waals surface area contributed by atoms with E-state index in [-0.39, 0.29) is 37.1 Å². The van der Waals surface area contributed by atoms with Gasteiger partial charge < -0.3 is 19.7 Å². The molecule has 1 atom stereocenters. The number of amides is 2. The van der Waals surface area contributed by atoms with Gasteiger partial charge in [0.1, 0.15) is 12.6 Å². The van der Waals surface area contributed by atoms with Gasteiger partial charge in [-0.25, -0.2) is 8.42 Å². The van der Waals surface area contributed by atoms with E-state index in [1.165, 1.54) is 17.9 Å². The van der Waals surface area contributed by atoms with Crippen molar-refractivity contribution >= 4 is 39.1 Å². The van der Waals surface area contributed by atoms with E-state index in [0.29, 0.717) is 28.6 Å². The van der Waals surface area contributed by atoms with Crippen LogP contribution in [0.5, 0.6) is 11.5 Å². The fourth-order valence-corrected chi connectivity index (χ4v) is 5.70. The summed E-state index contributed by atoms with van der Waals surface area (Å²) in [6, 6.07) is 20.2. The molecule has 212 valence electrons. The molecule has 1 heterocycles. The standard InChI is InChI=1S/C29H32ClN3O6S/c1-3-31-29(35)25(16-21-9-6-5-7-10-21)32(18-22-11-8-12-23(30)15-22)28(34)19-33(40(36,37)4-2)24-13-14-26-27(17-24)39-20-38-26/h5-15,17,25H,3-4,16,18-20H2,1-2H3,(H,31,35)/t25-/m1/s1. The van der Waals surface area contributed by atoms with Gasteiger partial charge in [-0.1, -0.05) is 54.1 Å². The number of hydrogen-bond donors (Lipinski definition) is 1. The number of nitrogens with zero attached hydrogens (tertiary/aromatic N) is 2. The van der Waals surface area contributed by atoms with E-state index in [4.69, 9.17) is 21.1 Å². The molecule has 0 bridgehead atoms. The minimum Gasteiger partial charge on any atom is -0.454 e. The summed E-state index contributed by atoms with van der Waals surface area (Å²) in [4.78, 5) is 28.9. The van der Waals surface area contributed by atoms with Gasteiger partial charge in [-0.05, 0) is 49.2 Å². The number of carbonyl (C=O) groups excluding carboxylic acids is 2. The number of likely N-dealkylation sites (N-methyl/N-ethyl adjacent to an activating group) is 1. The van der Waals surface area contributed by atoms with Crippen LogP contribution in [0.15, 0.2) is 72.8 Å². The average Bonchev–Trinajstić information content (AvgIpc) is 3.42. The Morgan fingerprint density at radius 1 is 0.950 bits per heavy atom. The average molecular weight is 586 g/mol. The van der Waals surface area contributed by atoms with Gasteiger partial charge in [0.25, 0.3) is 0 Å². The molecule has 40 heavy (non-hydrogen) atoms. The van der Waals surface area contributed by atoms with Crippen molar-refractivity contribution in [1.82, 2.24) is 10.2 Å². The summed E-state index contributed by atoms with van der Waals surface area (Å²) in [7, 11) is -3.89. The molecular weight excluding hydrogens is 554 g/mol. The van der Waals surface area contributed by atoms with E-state index in [1.54, 1.807) is 37.3 Å². The second-order valence-corrected chi connectivity index (χ2v) is 11.8. The largest absolute Gasteiger partial charge is 0.454 e. The number of fused-ring (bicyclic) bond motifs is 1. The molecule has 1 aliphatic rings. The predicted octanol–water partition coefficient (Wildman–Crippen LogP) is 4.00. The van der Waals surface area contributed by atoms with Crippen LogP contribution in [-0.4, -0.2) is 56.8 Å². The molecule has 1 aliphatic heterocycles. The van der Waals surface area contributed by atoms with Crippen molar-refractivity contribution in [2.24, 2.45) is 0 Å². The first-order valence-corrected chi connectivity index (χ1v) is 15.0. The third-order valence-corrected chi connectivity index (χ3v) is 8.46. The summed E-state index contributed by atoms with van der Waals surface area (Å²) in [5.41, 5.74) is 1.83. The highest BCUT2D eigenvalue weighted by molar-refractivity contribution is 7.92. The van der Waals surface area contributed by atoms with Crippen molar-refractivity contribution < 1.29 is 27.5 Å². The van der Waals surface area contributed by atoms with E-state index in [1.807, 2.05) is 36.4 Å². The number of hydrogen-bond acceptors (Lipinski definition) is 6. The lowest BCUT2D eigenvalue weighted by Gasteiger charge is -2.33. The zero-order valence-corrected chi connectivity index (χ0v) is 24.0. The van der Waals surface area contributed by atoms with Crippen LogP contribution in [0.1, 0.15) is 25.0 Å². The topological polar surface area (TPSA) is 105 Å². The van der Waals surface area contributed by atoms with Gasteiger partial charge in [0, 0.05) is 30.6 Å². The second-order valence-electron chi connectivity index (χ2n) is 9.20. The van der Waals surface area contributed by atoms with Gasteiger partial charge >= 0.3 is 0 Å². The summed E-state index contributed by atoms with van der Waals surface area (Å²) in [5.74, 6) is -0.226. The fourth-order valence-electron chi connectivity index (χ4n) is 4.44. The van der Waals surface area contributed by atoms with E-state index < -0.39 is 28.5 Å². The Balaban J connectivity index is 1.73. The Hall–Kier alpha value is -3.76. The molecule has 4 rings (SSSR count). The minimum atomic E-state index is -3.89. The van der Waals surface area contributed by atoms with Gasteiger partial charge in [-0.15, -0.1) is 0 Å². The first kappa shape index (κ1) is 29.2. The maximum Gasteiger partial charge on any atom is 0.244 e. The molecule has 3 aromatic rings. The van der Waals surface area contributed by atoms with E-state index >= 15 is 0 Å². The normalized spacial score (nSPS) is 13.0. The van der Waals surface area contributed by atoms with Crippen LogP contribution < -0.4 is 19.1 Å². The predicted molar refractivity (Wildman–Crippen MR) is 154 cm³/mol. The quantitative estimate of drug-likeness (QED) is 0.344. The van der Waals surface area contributed by atoms with Crippen molar-refractivity contribution in [3.63, 3.8) is 0 Å². The number of rotatable bonds is 12. The summed E-state index contributed by atoms with van der Waals surface area (Å²) in [6.45, 7) is 3.25. The van der Waals surface area contributed by atoms with Gasteiger partial charge in [0.05, 0.1) is 11.4 Å². The Kier molecular flexibility index (Phi) is 9.54. The number of nitrogens with one attached hydrogen (secondary N) is 1. The molecule has 0 aliphatic carbocycles. The molecule has 9 nitrogen and oxygen atoms in total. The van der Waals surface area contributed by atoms with Crippen LogP contribution in [0.4, 0.5) is 5.69 Å². The first-order valence-electron chi connectivity index (χ1n) is 13.0. The summed E-state index contributed by atoms with van der Waals surface area (Å²) in [6.07, 6.45) is 0.240. The molecule has 11 heteroatoms. The van der Waals surface area contributed by atoms with Crippen LogP contribution >= 0.6 is 11.6 Å². The number of carbonyl (C=O) groups is 2. The van der Waals surface area contributed by atoms with Gasteiger partial charge in [-0.3, -0.25) is 13.9 Å². The summed E-state index contributed by atoms with van der Waals surface area (Å²) in [5, 5.41) is 3.32. The molecule has 0 spiro atoms. The minimum absolute atomic E-state index is 0.0271. The molecular formula is C29H32ClN3O6S. The number of anilines is 1. The molecule has 0 aromatic heterocycles. The van der Waals surface area contributed by atoms with Crippen molar-refractivity contribution in [2.45, 2.75) is 32.9 Å². The molecule has 2 amide bonds. The smallest absolute Gasteiger partial charge is 0.244 e. The Morgan fingerprint density at radius 3 is 2.38 bits per heavy atom.